The summed E-state index contributed by atoms with van der Waals surface area (Å²) in [5.41, 5.74) is 2.71. The molecule has 0 aliphatic heterocycles. The first-order valence-electron chi connectivity index (χ1n) is 4.85. The third kappa shape index (κ3) is 5.13. The predicted octanol–water partition coefficient (Wildman–Crippen LogP) is -2.02. The van der Waals surface area contributed by atoms with Crippen molar-refractivity contribution in [2.75, 3.05) is 0 Å². The zero-order valence-corrected chi connectivity index (χ0v) is 11.7. The van der Waals surface area contributed by atoms with Crippen molar-refractivity contribution < 1.29 is 37.7 Å². The van der Waals surface area contributed by atoms with E-state index in [1.54, 1.807) is 0 Å². The molecule has 0 aliphatic rings. The van der Waals surface area contributed by atoms with Crippen molar-refractivity contribution in [3.05, 3.63) is 29.3 Å². The molecule has 0 fully saturated rings. The Bertz CT molecular complexity index is 296. The minimum Gasteiger partial charge on any atom is -1.45 e. The summed E-state index contributed by atoms with van der Waals surface area (Å²) in [7, 11) is 4.50. The number of rotatable bonds is 2. The van der Waals surface area contributed by atoms with Crippen LogP contribution in [0.2, 0.25) is 0 Å². The summed E-state index contributed by atoms with van der Waals surface area (Å²) in [5, 5.41) is 1.13. The zero-order valence-electron chi connectivity index (χ0n) is 10.8. The van der Waals surface area contributed by atoms with Gasteiger partial charge in [-0.1, -0.05) is 39.8 Å². The quantitative estimate of drug-likeness (QED) is 0.387. The molecule has 0 heterocycles. The Labute approximate surface area is 121 Å². The Hall–Kier alpha value is 0.845. The van der Waals surface area contributed by atoms with Crippen LogP contribution in [0.5, 0.6) is 0 Å². The molecule has 1 aromatic rings. The van der Waals surface area contributed by atoms with Crippen LogP contribution in [0.25, 0.3) is 0 Å². The summed E-state index contributed by atoms with van der Waals surface area (Å²) in [6, 6.07) is 6.59. The van der Waals surface area contributed by atoms with Crippen LogP contribution in [-0.2, 0) is 0 Å². The van der Waals surface area contributed by atoms with Crippen molar-refractivity contribution in [1.29, 1.82) is 0 Å². The van der Waals surface area contributed by atoms with E-state index in [2.05, 4.69) is 55.1 Å². The van der Waals surface area contributed by atoms with Gasteiger partial charge in [-0.05, 0) is 17.4 Å². The van der Waals surface area contributed by atoms with E-state index >= 15 is 0 Å². The summed E-state index contributed by atoms with van der Waals surface area (Å²) in [4.78, 5) is 0. The molecule has 15 heavy (non-hydrogen) atoms. The Kier molecular flexibility index (Phi) is 9.73. The molecular formula is C12H17Li2P. The molecule has 0 atom stereocenters. The van der Waals surface area contributed by atoms with Crippen molar-refractivity contribution in [3.8, 4) is 0 Å². The molecule has 0 aliphatic carbocycles. The SMILES string of the molecule is CC(C)c1ccc(C(C)C)c([P-2])c1.[Li+].[Li+]. The van der Waals surface area contributed by atoms with Gasteiger partial charge in [0.15, 0.2) is 0 Å². The van der Waals surface area contributed by atoms with Crippen molar-refractivity contribution in [3.63, 3.8) is 0 Å². The molecule has 0 nitrogen and oxygen atoms in total. The Balaban J connectivity index is 0. The van der Waals surface area contributed by atoms with Gasteiger partial charge < -0.3 is 14.5 Å². The third-order valence-corrected chi connectivity index (χ3v) is 2.73. The van der Waals surface area contributed by atoms with Crippen LogP contribution >= 0.6 is 9.24 Å². The average molecular weight is 206 g/mol. The van der Waals surface area contributed by atoms with Crippen molar-refractivity contribution >= 4 is 14.5 Å². The van der Waals surface area contributed by atoms with Crippen LogP contribution in [0.3, 0.4) is 0 Å². The summed E-state index contributed by atoms with van der Waals surface area (Å²) in [6.07, 6.45) is 0. The molecule has 0 unspecified atom stereocenters. The number of hydrogen-bond donors (Lipinski definition) is 0. The van der Waals surface area contributed by atoms with Crippen LogP contribution in [0.4, 0.5) is 0 Å². The first-order chi connectivity index (χ1) is 6.02. The maximum absolute atomic E-state index is 4.50. The molecule has 0 saturated heterocycles. The molecule has 0 amide bonds. The average Bonchev–Trinajstić information content (AvgIpc) is 2.03. The standard InChI is InChI=1S/C12H17P.2Li/c1-8(2)10-5-6-11(9(3)4)12(13)7-10;;/h5-9H,1-4H3;;/q-2;2*+1. The molecule has 0 saturated carbocycles. The third-order valence-electron chi connectivity index (χ3n) is 2.34. The van der Waals surface area contributed by atoms with Crippen LogP contribution in [0.15, 0.2) is 18.2 Å². The van der Waals surface area contributed by atoms with Crippen LogP contribution < -0.4 is 43.0 Å². The molecule has 0 aromatic heterocycles. The fourth-order valence-electron chi connectivity index (χ4n) is 1.41. The maximum Gasteiger partial charge on any atom is 1.00 e. The number of hydrogen-bond acceptors (Lipinski definition) is 0. The topological polar surface area (TPSA) is 0 Å². The summed E-state index contributed by atoms with van der Waals surface area (Å²) in [6.45, 7) is 8.81. The fraction of sp³-hybridized carbons (Fsp3) is 0.500. The predicted molar refractivity (Wildman–Crippen MR) is 61.2 cm³/mol. The normalized spacial score (nSPS) is 9.80. The Morgan fingerprint density at radius 1 is 0.933 bits per heavy atom. The van der Waals surface area contributed by atoms with Gasteiger partial charge in [-0.2, -0.15) is 0 Å². The minimum atomic E-state index is 0. The van der Waals surface area contributed by atoms with Gasteiger partial charge in [-0.25, -0.2) is 0 Å². The van der Waals surface area contributed by atoms with Crippen molar-refractivity contribution in [1.82, 2.24) is 0 Å². The van der Waals surface area contributed by atoms with E-state index < -0.39 is 0 Å². The molecule has 0 radical (unpaired) electrons. The van der Waals surface area contributed by atoms with Gasteiger partial charge in [0.05, 0.1) is 0 Å². The summed E-state index contributed by atoms with van der Waals surface area (Å²) < 4.78 is 0. The van der Waals surface area contributed by atoms with Crippen molar-refractivity contribution in [2.45, 2.75) is 39.5 Å². The largest absolute Gasteiger partial charge is 1.45 e. The van der Waals surface area contributed by atoms with E-state index in [1.807, 2.05) is 0 Å². The van der Waals surface area contributed by atoms with Gasteiger partial charge in [0.25, 0.3) is 0 Å². The van der Waals surface area contributed by atoms with E-state index in [4.69, 9.17) is 0 Å². The van der Waals surface area contributed by atoms with Crippen LogP contribution in [0, 0.1) is 0 Å². The van der Waals surface area contributed by atoms with Gasteiger partial charge in [-0.15, -0.1) is 11.6 Å². The van der Waals surface area contributed by atoms with E-state index in [0.717, 1.165) is 5.30 Å². The first-order valence-corrected chi connectivity index (χ1v) is 5.30. The second kappa shape index (κ2) is 8.01. The van der Waals surface area contributed by atoms with Gasteiger partial charge in [-0.3, -0.25) is 0 Å². The number of benzene rings is 1. The van der Waals surface area contributed by atoms with E-state index in [9.17, 15) is 0 Å². The fourth-order valence-corrected chi connectivity index (χ4v) is 1.89. The molecule has 0 bridgehead atoms. The van der Waals surface area contributed by atoms with Gasteiger partial charge in [0.1, 0.15) is 0 Å². The minimum absolute atomic E-state index is 0. The van der Waals surface area contributed by atoms with Gasteiger partial charge in [0, 0.05) is 0 Å². The Morgan fingerprint density at radius 3 is 1.80 bits per heavy atom. The van der Waals surface area contributed by atoms with Gasteiger partial charge >= 0.3 is 37.7 Å². The Morgan fingerprint density at radius 2 is 1.47 bits per heavy atom. The smallest absolute Gasteiger partial charge is 1.00 e. The molecular weight excluding hydrogens is 189 g/mol. The second-order valence-electron chi connectivity index (χ2n) is 4.13. The van der Waals surface area contributed by atoms with Gasteiger partial charge in [0.2, 0.25) is 0 Å². The van der Waals surface area contributed by atoms with E-state index in [1.165, 1.54) is 11.1 Å². The zero-order chi connectivity index (χ0) is 10.0. The molecule has 0 spiro atoms. The molecule has 1 aromatic carbocycles. The maximum atomic E-state index is 4.50. The summed E-state index contributed by atoms with van der Waals surface area (Å²) in [5.74, 6) is 1.15. The van der Waals surface area contributed by atoms with Crippen molar-refractivity contribution in [2.24, 2.45) is 0 Å². The van der Waals surface area contributed by atoms with E-state index in [0.29, 0.717) is 11.8 Å². The molecule has 1 rings (SSSR count). The van der Waals surface area contributed by atoms with Crippen LogP contribution in [-0.4, -0.2) is 0 Å². The monoisotopic (exact) mass is 206 g/mol. The molecule has 0 N–H and O–H groups in total. The van der Waals surface area contributed by atoms with Crippen LogP contribution in [0.1, 0.15) is 50.7 Å². The molecule has 3 heteroatoms. The summed E-state index contributed by atoms with van der Waals surface area (Å²) >= 11 is 0. The van der Waals surface area contributed by atoms with E-state index in [-0.39, 0.29) is 37.7 Å². The molecule has 72 valence electrons. The first kappa shape index (κ1) is 18.2. The second-order valence-corrected chi connectivity index (χ2v) is 4.61.